The number of carbonyl (C=O) groups excluding carboxylic acids is 1. The van der Waals surface area contributed by atoms with E-state index in [-0.39, 0.29) is 17.7 Å². The molecule has 4 nitrogen and oxygen atoms in total. The van der Waals surface area contributed by atoms with Gasteiger partial charge in [-0.3, -0.25) is 4.79 Å². The molecule has 0 fully saturated rings. The number of amides is 1. The zero-order valence-corrected chi connectivity index (χ0v) is 12.3. The quantitative estimate of drug-likeness (QED) is 0.754. The molecule has 0 aliphatic heterocycles. The molecule has 1 rings (SSSR count). The van der Waals surface area contributed by atoms with Gasteiger partial charge in [0.1, 0.15) is 5.75 Å². The summed E-state index contributed by atoms with van der Waals surface area (Å²) >= 11 is 3.26. The number of benzene rings is 1. The standard InChI is InChI=1S/C13H19BrN2O2/c1-3-6-15-13(18)9(2)16-8-10-4-5-12(17)11(14)7-10/h4-5,7,9,16-17H,3,6,8H2,1-2H3,(H,15,18). The third-order valence-corrected chi connectivity index (χ3v) is 3.20. The number of hydrogen-bond acceptors (Lipinski definition) is 3. The van der Waals surface area contributed by atoms with Crippen molar-refractivity contribution in [3.05, 3.63) is 28.2 Å². The number of phenolic OH excluding ortho intramolecular Hbond substituents is 1. The lowest BCUT2D eigenvalue weighted by molar-refractivity contribution is -0.122. The summed E-state index contributed by atoms with van der Waals surface area (Å²) in [5, 5.41) is 15.4. The second-order valence-corrected chi connectivity index (χ2v) is 5.03. The van der Waals surface area contributed by atoms with Gasteiger partial charge in [-0.25, -0.2) is 0 Å². The third kappa shape index (κ3) is 4.66. The number of halogens is 1. The van der Waals surface area contributed by atoms with Crippen LogP contribution in [0.2, 0.25) is 0 Å². The first-order valence-electron chi connectivity index (χ1n) is 6.03. The van der Waals surface area contributed by atoms with Crippen LogP contribution in [-0.2, 0) is 11.3 Å². The van der Waals surface area contributed by atoms with Gasteiger partial charge in [0.15, 0.2) is 0 Å². The molecular formula is C13H19BrN2O2. The fourth-order valence-corrected chi connectivity index (χ4v) is 1.85. The highest BCUT2D eigenvalue weighted by atomic mass is 79.9. The van der Waals surface area contributed by atoms with E-state index in [1.807, 2.05) is 26.0 Å². The first-order valence-corrected chi connectivity index (χ1v) is 6.82. The molecule has 1 atom stereocenters. The maximum Gasteiger partial charge on any atom is 0.236 e. The van der Waals surface area contributed by atoms with Crippen LogP contribution in [0.1, 0.15) is 25.8 Å². The normalized spacial score (nSPS) is 12.2. The van der Waals surface area contributed by atoms with Crippen LogP contribution in [-0.4, -0.2) is 23.6 Å². The van der Waals surface area contributed by atoms with Crippen molar-refractivity contribution in [3.8, 4) is 5.75 Å². The van der Waals surface area contributed by atoms with Crippen LogP contribution < -0.4 is 10.6 Å². The molecule has 0 saturated heterocycles. The van der Waals surface area contributed by atoms with E-state index in [4.69, 9.17) is 0 Å². The number of hydrogen-bond donors (Lipinski definition) is 3. The average Bonchev–Trinajstić information content (AvgIpc) is 2.36. The van der Waals surface area contributed by atoms with E-state index in [0.717, 1.165) is 12.0 Å². The van der Waals surface area contributed by atoms with Gasteiger partial charge in [0, 0.05) is 13.1 Å². The minimum Gasteiger partial charge on any atom is -0.507 e. The third-order valence-electron chi connectivity index (χ3n) is 2.57. The predicted molar refractivity (Wildman–Crippen MR) is 75.4 cm³/mol. The summed E-state index contributed by atoms with van der Waals surface area (Å²) in [6.07, 6.45) is 0.934. The van der Waals surface area contributed by atoms with Crippen molar-refractivity contribution in [3.63, 3.8) is 0 Å². The van der Waals surface area contributed by atoms with E-state index in [1.54, 1.807) is 6.07 Å². The van der Waals surface area contributed by atoms with Gasteiger partial charge >= 0.3 is 0 Å². The van der Waals surface area contributed by atoms with Crippen LogP contribution in [0.15, 0.2) is 22.7 Å². The van der Waals surface area contributed by atoms with Crippen molar-refractivity contribution in [1.82, 2.24) is 10.6 Å². The van der Waals surface area contributed by atoms with E-state index in [9.17, 15) is 9.90 Å². The summed E-state index contributed by atoms with van der Waals surface area (Å²) < 4.78 is 0.657. The molecule has 18 heavy (non-hydrogen) atoms. The fraction of sp³-hybridized carbons (Fsp3) is 0.462. The Labute approximate surface area is 116 Å². The molecule has 3 N–H and O–H groups in total. The summed E-state index contributed by atoms with van der Waals surface area (Å²) in [5.41, 5.74) is 1.01. The lowest BCUT2D eigenvalue weighted by Crippen LogP contribution is -2.42. The first-order chi connectivity index (χ1) is 8.54. The van der Waals surface area contributed by atoms with Gasteiger partial charge in [0.2, 0.25) is 5.91 Å². The lowest BCUT2D eigenvalue weighted by Gasteiger charge is -2.14. The first kappa shape index (κ1) is 15.0. The van der Waals surface area contributed by atoms with Crippen molar-refractivity contribution in [1.29, 1.82) is 0 Å². The van der Waals surface area contributed by atoms with E-state index in [2.05, 4.69) is 26.6 Å². The predicted octanol–water partition coefficient (Wildman–Crippen LogP) is 2.16. The average molecular weight is 315 g/mol. The highest BCUT2D eigenvalue weighted by Gasteiger charge is 2.11. The minimum absolute atomic E-state index is 0.00898. The molecule has 0 aromatic heterocycles. The molecule has 0 spiro atoms. The lowest BCUT2D eigenvalue weighted by atomic mass is 10.2. The molecule has 0 aliphatic rings. The van der Waals surface area contributed by atoms with Gasteiger partial charge in [-0.1, -0.05) is 13.0 Å². The number of carbonyl (C=O) groups is 1. The summed E-state index contributed by atoms with van der Waals surface area (Å²) in [7, 11) is 0. The molecule has 0 radical (unpaired) electrons. The van der Waals surface area contributed by atoms with Gasteiger partial charge in [0.25, 0.3) is 0 Å². The second-order valence-electron chi connectivity index (χ2n) is 4.18. The smallest absolute Gasteiger partial charge is 0.236 e. The van der Waals surface area contributed by atoms with Crippen molar-refractivity contribution >= 4 is 21.8 Å². The topological polar surface area (TPSA) is 61.4 Å². The van der Waals surface area contributed by atoms with Gasteiger partial charge < -0.3 is 15.7 Å². The second kappa shape index (κ2) is 7.38. The maximum absolute atomic E-state index is 11.6. The summed E-state index contributed by atoms with van der Waals surface area (Å²) in [6.45, 7) is 5.14. The number of phenols is 1. The zero-order chi connectivity index (χ0) is 13.5. The van der Waals surface area contributed by atoms with Crippen molar-refractivity contribution in [2.75, 3.05) is 6.54 Å². The van der Waals surface area contributed by atoms with E-state index in [1.165, 1.54) is 0 Å². The van der Waals surface area contributed by atoms with Crippen LogP contribution in [0.25, 0.3) is 0 Å². The number of nitrogens with one attached hydrogen (secondary N) is 2. The molecule has 0 heterocycles. The Kier molecular flexibility index (Phi) is 6.15. The van der Waals surface area contributed by atoms with Gasteiger partial charge in [-0.15, -0.1) is 0 Å². The van der Waals surface area contributed by atoms with Crippen molar-refractivity contribution in [2.45, 2.75) is 32.9 Å². The number of rotatable bonds is 6. The number of aromatic hydroxyl groups is 1. The van der Waals surface area contributed by atoms with Gasteiger partial charge in [-0.05, 0) is 47.0 Å². The van der Waals surface area contributed by atoms with Gasteiger partial charge in [-0.2, -0.15) is 0 Å². The summed E-state index contributed by atoms with van der Waals surface area (Å²) in [6, 6.07) is 5.05. The van der Waals surface area contributed by atoms with Gasteiger partial charge in [0.05, 0.1) is 10.5 Å². The molecular weight excluding hydrogens is 296 g/mol. The minimum atomic E-state index is -0.232. The summed E-state index contributed by atoms with van der Waals surface area (Å²) in [4.78, 5) is 11.6. The van der Waals surface area contributed by atoms with Crippen molar-refractivity contribution in [2.24, 2.45) is 0 Å². The van der Waals surface area contributed by atoms with Crippen molar-refractivity contribution < 1.29 is 9.90 Å². The van der Waals surface area contributed by atoms with Crippen LogP contribution in [0, 0.1) is 0 Å². The Bertz CT molecular complexity index is 410. The molecule has 1 aromatic carbocycles. The van der Waals surface area contributed by atoms with E-state index < -0.39 is 0 Å². The monoisotopic (exact) mass is 314 g/mol. The fourth-order valence-electron chi connectivity index (χ4n) is 1.43. The Hall–Kier alpha value is -1.07. The Morgan fingerprint density at radius 1 is 1.50 bits per heavy atom. The molecule has 0 aliphatic carbocycles. The van der Waals surface area contributed by atoms with E-state index >= 15 is 0 Å². The molecule has 5 heteroatoms. The molecule has 0 saturated carbocycles. The Balaban J connectivity index is 2.44. The molecule has 100 valence electrons. The maximum atomic E-state index is 11.6. The molecule has 1 aromatic rings. The Morgan fingerprint density at radius 3 is 2.83 bits per heavy atom. The SMILES string of the molecule is CCCNC(=O)C(C)NCc1ccc(O)c(Br)c1. The molecule has 1 unspecified atom stereocenters. The zero-order valence-electron chi connectivity index (χ0n) is 10.7. The highest BCUT2D eigenvalue weighted by molar-refractivity contribution is 9.10. The van der Waals surface area contributed by atoms with Crippen LogP contribution in [0.5, 0.6) is 5.75 Å². The highest BCUT2D eigenvalue weighted by Crippen LogP contribution is 2.24. The molecule has 1 amide bonds. The van der Waals surface area contributed by atoms with E-state index in [0.29, 0.717) is 17.6 Å². The summed E-state index contributed by atoms with van der Waals surface area (Å²) in [5.74, 6) is 0.224. The van der Waals surface area contributed by atoms with Crippen LogP contribution >= 0.6 is 15.9 Å². The Morgan fingerprint density at radius 2 is 2.22 bits per heavy atom. The molecule has 0 bridgehead atoms. The largest absolute Gasteiger partial charge is 0.507 e. The van der Waals surface area contributed by atoms with Crippen LogP contribution in [0.3, 0.4) is 0 Å². The van der Waals surface area contributed by atoms with Crippen LogP contribution in [0.4, 0.5) is 0 Å².